The molecule has 0 spiro atoms. The van der Waals surface area contributed by atoms with Gasteiger partial charge in [0, 0.05) is 80.2 Å². The summed E-state index contributed by atoms with van der Waals surface area (Å²) in [5.74, 6) is 2.50. The van der Waals surface area contributed by atoms with Crippen LogP contribution in [-0.2, 0) is 12.4 Å². The van der Waals surface area contributed by atoms with Gasteiger partial charge in [0.2, 0.25) is 5.88 Å². The van der Waals surface area contributed by atoms with Gasteiger partial charge in [0.25, 0.3) is 0 Å². The highest BCUT2D eigenvalue weighted by Crippen LogP contribution is 2.47. The second-order valence-corrected chi connectivity index (χ2v) is 24.9. The molecule has 0 aliphatic carbocycles. The molecule has 15 rings (SSSR count). The first-order chi connectivity index (χ1) is 47.5. The Hall–Kier alpha value is -10.5. The predicted molar refractivity (Wildman–Crippen MR) is 362 cm³/mol. The van der Waals surface area contributed by atoms with Crippen molar-refractivity contribution in [2.75, 3.05) is 97.8 Å². The van der Waals surface area contributed by atoms with Crippen molar-refractivity contribution >= 4 is 93.3 Å². The largest absolute Gasteiger partial charge is 0.474 e. The molecule has 6 bridgehead atoms. The normalized spacial score (nSPS) is 17.3. The Morgan fingerprint density at radius 3 is 1.41 bits per heavy atom. The monoisotopic (exact) mass is 1400 g/mol. The van der Waals surface area contributed by atoms with Crippen molar-refractivity contribution in [2.24, 2.45) is 0 Å². The Labute approximate surface area is 572 Å². The maximum absolute atomic E-state index is 13.4. The average Bonchev–Trinajstić information content (AvgIpc) is 1.70. The minimum absolute atomic E-state index is 0.0901. The number of carbonyl (C=O) groups is 3. The average molecular weight is 1400 g/mol. The number of pyridine rings is 6. The van der Waals surface area contributed by atoms with Gasteiger partial charge in [-0.25, -0.2) is 49.3 Å². The molecule has 3 saturated heterocycles. The van der Waals surface area contributed by atoms with E-state index < -0.39 is 48.3 Å². The van der Waals surface area contributed by atoms with Gasteiger partial charge in [0.05, 0.1) is 92.4 Å². The fraction of sp³-hybridized carbons (Fsp3) is 0.279. The van der Waals surface area contributed by atoms with Gasteiger partial charge >= 0.3 is 30.4 Å². The summed E-state index contributed by atoms with van der Waals surface area (Å²) in [6, 6.07) is 28.2. The molecule has 0 unspecified atom stereocenters. The molecule has 13 heterocycles. The number of carbonyl (C=O) groups excluding carboxylic acids is 3. The molecule has 4 atom stereocenters. The highest BCUT2D eigenvalue weighted by molar-refractivity contribution is 6.34. The quantitative estimate of drug-likeness (QED) is 0.0797. The number of amides is 6. The summed E-state index contributed by atoms with van der Waals surface area (Å²) in [4.78, 5) is 86.0. The van der Waals surface area contributed by atoms with Crippen molar-refractivity contribution in [2.45, 2.75) is 69.7 Å². The lowest BCUT2D eigenvalue weighted by atomic mass is 10.0. The topological polar surface area (TPSA) is 260 Å². The minimum atomic E-state index is -4.53. The number of hydrogen-bond acceptors (Lipinski definition) is 17. The van der Waals surface area contributed by atoms with Crippen molar-refractivity contribution in [3.8, 4) is 39.7 Å². The summed E-state index contributed by atoms with van der Waals surface area (Å²) in [7, 11) is 0. The molecule has 5 N–H and O–H groups in total. The summed E-state index contributed by atoms with van der Waals surface area (Å²) in [6.07, 6.45) is -0.206. The molecule has 510 valence electrons. The zero-order valence-corrected chi connectivity index (χ0v) is 54.3. The predicted octanol–water partition coefficient (Wildman–Crippen LogP) is 12.8. The number of fused-ring (bicyclic) bond motifs is 12. The van der Waals surface area contributed by atoms with Crippen LogP contribution in [0.4, 0.5) is 92.7 Å². The molecule has 7 aromatic heterocycles. The first-order valence-corrected chi connectivity index (χ1v) is 32.1. The second-order valence-electron chi connectivity index (χ2n) is 24.0. The van der Waals surface area contributed by atoms with E-state index in [1.54, 1.807) is 59.9 Å². The highest BCUT2D eigenvalue weighted by Gasteiger charge is 2.45. The molecule has 0 saturated carbocycles. The molecule has 6 aliphatic rings. The van der Waals surface area contributed by atoms with E-state index in [4.69, 9.17) is 38.0 Å². The van der Waals surface area contributed by atoms with Gasteiger partial charge in [-0.05, 0) is 118 Å². The standard InChI is InChI=1S/C24H22ClF3N6O4.C22H17ClF3N5O.C22H22N6O/c25-17-7-18-22(32-21(17)13-2-1-3-14(6-13)24(26,27)28)34(15-4-5-33(18)10-15)23(37)31-19-8-30-20(9-29-19)38-12-16(36)11-35;23-16-11-17-20(29-19(16)13-4-3-5-14(10-13)22(24,25)26)31(15-7-9-30(17)12-15)21(32)28-18-6-1-2-8-27-18;1-14-11-18-21(26-20(14)16-6-9-23-15(2)12-16)28(17-7-10-27(18)13-17)22(29)25-19-5-3-4-8-24-19/h1-3,6-9,15-16,35-36H,4-5,10-12H2,(H,29,31,37);1-6,8,10-11,15H,7,9,12H2,(H,27,28,32);3-6,8-9,11-12,17H,7,10,13H2,1-2H3,(H,24,25,29)/t15-,16+;15-;17-/m000/s1. The summed E-state index contributed by atoms with van der Waals surface area (Å²) >= 11 is 12.9. The number of rotatable bonds is 10. The van der Waals surface area contributed by atoms with Crippen molar-refractivity contribution in [3.63, 3.8) is 0 Å². The molecular formula is C68H61Cl2F6N17O6. The van der Waals surface area contributed by atoms with Crippen molar-refractivity contribution in [3.05, 3.63) is 179 Å². The number of aromatic nitrogens is 8. The SMILES string of the molecule is Cc1cc(-c2nc3c(cc2C)N2CC[C@@H](C2)N3C(=O)Nc2ccccn2)ccn1.O=C(Nc1ccccn1)N1c2nc(-c3cccc(C(F)(F)F)c3)c(Cl)cc2N2CC[C@H]1C2.O=C(Nc1cnc(OC[C@H](O)CO)cn1)N1c2nc(-c3cccc(C(F)(F)F)c3)c(Cl)cc2N2CC[C@H]1C2. The van der Waals surface area contributed by atoms with Crippen LogP contribution < -0.4 is 50.1 Å². The zero-order chi connectivity index (χ0) is 69.4. The Bertz CT molecular complexity index is 4520. The summed E-state index contributed by atoms with van der Waals surface area (Å²) in [5, 5.41) is 27.0. The molecule has 9 aromatic rings. The fourth-order valence-electron chi connectivity index (χ4n) is 12.7. The molecule has 6 aliphatic heterocycles. The lowest BCUT2D eigenvalue weighted by Crippen LogP contribution is -2.48. The molecule has 0 radical (unpaired) electrons. The number of nitrogens with one attached hydrogen (secondary N) is 3. The van der Waals surface area contributed by atoms with Crippen LogP contribution in [0.2, 0.25) is 10.0 Å². The van der Waals surface area contributed by atoms with Crippen LogP contribution in [0.25, 0.3) is 33.8 Å². The van der Waals surface area contributed by atoms with E-state index in [1.807, 2.05) is 41.0 Å². The Morgan fingerprint density at radius 1 is 0.535 bits per heavy atom. The van der Waals surface area contributed by atoms with Crippen LogP contribution >= 0.6 is 23.2 Å². The highest BCUT2D eigenvalue weighted by atomic mass is 35.5. The third kappa shape index (κ3) is 14.3. The molecule has 3 fully saturated rings. The van der Waals surface area contributed by atoms with Gasteiger partial charge in [-0.15, -0.1) is 0 Å². The van der Waals surface area contributed by atoms with Gasteiger partial charge in [0.1, 0.15) is 24.3 Å². The molecule has 99 heavy (non-hydrogen) atoms. The number of benzene rings is 2. The first kappa shape index (κ1) is 67.1. The number of aliphatic hydroxyl groups excluding tert-OH is 2. The Kier molecular flexibility index (Phi) is 18.8. The maximum Gasteiger partial charge on any atom is 0.416 e. The number of alkyl halides is 6. The number of aryl methyl sites for hydroxylation is 2. The third-order valence-electron chi connectivity index (χ3n) is 17.4. The number of hydrogen-bond donors (Lipinski definition) is 5. The molecule has 31 heteroatoms. The van der Waals surface area contributed by atoms with Crippen LogP contribution in [0, 0.1) is 13.8 Å². The lowest BCUT2D eigenvalue weighted by molar-refractivity contribution is -0.138. The van der Waals surface area contributed by atoms with Gasteiger partial charge < -0.3 is 29.6 Å². The molecule has 23 nitrogen and oxygen atoms in total. The summed E-state index contributed by atoms with van der Waals surface area (Å²) in [5.41, 5.74) is 5.31. The van der Waals surface area contributed by atoms with Crippen molar-refractivity contribution < 1.29 is 55.7 Å². The van der Waals surface area contributed by atoms with Gasteiger partial charge in [-0.3, -0.25) is 35.6 Å². The number of urea groups is 3. The van der Waals surface area contributed by atoms with E-state index in [0.717, 1.165) is 84.9 Å². The lowest BCUT2D eigenvalue weighted by Gasteiger charge is -2.36. The van der Waals surface area contributed by atoms with Gasteiger partial charge in [0.15, 0.2) is 23.3 Å². The smallest absolute Gasteiger partial charge is 0.416 e. The summed E-state index contributed by atoms with van der Waals surface area (Å²) in [6.45, 7) is 7.72. The number of halogens is 8. The molecular weight excluding hydrogens is 1340 g/mol. The minimum Gasteiger partial charge on any atom is -0.474 e. The van der Waals surface area contributed by atoms with E-state index in [2.05, 4.69) is 73.6 Å². The number of aliphatic hydroxyl groups is 2. The Morgan fingerprint density at radius 2 is 0.990 bits per heavy atom. The number of anilines is 9. The molecule has 2 aromatic carbocycles. The third-order valence-corrected chi connectivity index (χ3v) is 18.0. The van der Waals surface area contributed by atoms with Gasteiger partial charge in [-0.1, -0.05) is 59.6 Å². The van der Waals surface area contributed by atoms with E-state index in [-0.39, 0.29) is 80.8 Å². The van der Waals surface area contributed by atoms with Crippen LogP contribution in [0.5, 0.6) is 5.88 Å². The number of ether oxygens (including phenoxy) is 1. The maximum atomic E-state index is 13.4. The Balaban J connectivity index is 0.000000135. The van der Waals surface area contributed by atoms with Crippen LogP contribution in [0.1, 0.15) is 41.6 Å². The number of nitrogens with zero attached hydrogens (tertiary/aromatic N) is 14. The van der Waals surface area contributed by atoms with E-state index >= 15 is 0 Å². The van der Waals surface area contributed by atoms with Gasteiger partial charge in [-0.2, -0.15) is 26.3 Å². The summed E-state index contributed by atoms with van der Waals surface area (Å²) < 4.78 is 84.8. The first-order valence-electron chi connectivity index (χ1n) is 31.4. The van der Waals surface area contributed by atoms with Crippen LogP contribution in [-0.4, -0.2) is 145 Å². The van der Waals surface area contributed by atoms with Crippen LogP contribution in [0.3, 0.4) is 0 Å². The van der Waals surface area contributed by atoms with E-state index in [9.17, 15) is 45.8 Å². The van der Waals surface area contributed by atoms with Crippen molar-refractivity contribution in [1.29, 1.82) is 0 Å². The van der Waals surface area contributed by atoms with Crippen molar-refractivity contribution in [1.82, 2.24) is 39.9 Å². The molecule has 6 amide bonds. The van der Waals surface area contributed by atoms with E-state index in [1.165, 1.54) is 41.6 Å². The zero-order valence-electron chi connectivity index (χ0n) is 52.8. The van der Waals surface area contributed by atoms with Crippen LogP contribution in [0.15, 0.2) is 146 Å². The fourth-order valence-corrected chi connectivity index (χ4v) is 13.2. The second kappa shape index (κ2) is 27.8. The van der Waals surface area contributed by atoms with E-state index in [0.29, 0.717) is 60.7 Å².